The molecule has 1 aliphatic carbocycles. The number of aliphatic hydroxyl groups excluding tert-OH is 1. The molecule has 1 aromatic carbocycles. The zero-order valence-electron chi connectivity index (χ0n) is 28.5. The van der Waals surface area contributed by atoms with Crippen LogP contribution in [0.15, 0.2) is 48.6 Å². The van der Waals surface area contributed by atoms with Crippen LogP contribution in [0.1, 0.15) is 107 Å². The lowest BCUT2D eigenvalue weighted by Gasteiger charge is -2.34. The predicted octanol–water partition coefficient (Wildman–Crippen LogP) is 6.41. The molecule has 1 aromatic heterocycles. The van der Waals surface area contributed by atoms with Crippen molar-refractivity contribution < 1.29 is 19.5 Å². The van der Waals surface area contributed by atoms with Crippen molar-refractivity contribution in [3.8, 4) is 0 Å². The van der Waals surface area contributed by atoms with E-state index in [-0.39, 0.29) is 42.6 Å². The van der Waals surface area contributed by atoms with Crippen molar-refractivity contribution in [2.24, 2.45) is 5.41 Å². The Morgan fingerprint density at radius 1 is 0.978 bits per heavy atom. The topological polar surface area (TPSA) is 124 Å². The van der Waals surface area contributed by atoms with Crippen molar-refractivity contribution >= 4 is 40.4 Å². The molecule has 1 aliphatic heterocycles. The van der Waals surface area contributed by atoms with Gasteiger partial charge in [-0.2, -0.15) is 0 Å². The Hall–Kier alpha value is -3.82. The van der Waals surface area contributed by atoms with Gasteiger partial charge in [0.15, 0.2) is 11.6 Å². The minimum atomic E-state index is -0.584. The van der Waals surface area contributed by atoms with Gasteiger partial charge in [0.05, 0.1) is 30.7 Å². The lowest BCUT2D eigenvalue weighted by Crippen LogP contribution is -2.39. The summed E-state index contributed by atoms with van der Waals surface area (Å²) in [4.78, 5) is 47.1. The summed E-state index contributed by atoms with van der Waals surface area (Å²) in [6, 6.07) is 8.78. The normalized spacial score (nSPS) is 16.5. The largest absolute Gasteiger partial charge is 0.394 e. The lowest BCUT2D eigenvalue weighted by molar-refractivity contribution is -0.117. The Balaban J connectivity index is 1.65. The molecule has 0 atom stereocenters. The molecule has 2 heterocycles. The van der Waals surface area contributed by atoms with Crippen molar-refractivity contribution in [3.05, 3.63) is 65.3 Å². The average molecular weight is 630 g/mol. The van der Waals surface area contributed by atoms with Crippen LogP contribution in [0.5, 0.6) is 0 Å². The van der Waals surface area contributed by atoms with E-state index < -0.39 is 5.54 Å². The van der Waals surface area contributed by atoms with Gasteiger partial charge in [0.1, 0.15) is 11.6 Å². The van der Waals surface area contributed by atoms with Crippen molar-refractivity contribution in [1.29, 1.82) is 0 Å². The Labute approximate surface area is 273 Å². The maximum atomic E-state index is 14.0. The van der Waals surface area contributed by atoms with Gasteiger partial charge in [0.25, 0.3) is 5.91 Å². The molecule has 0 unspecified atom stereocenters. The summed E-state index contributed by atoms with van der Waals surface area (Å²) in [5.41, 5.74) is 2.53. The molecule has 1 saturated carbocycles. The highest BCUT2D eigenvalue weighted by Gasteiger charge is 2.45. The van der Waals surface area contributed by atoms with Crippen LogP contribution in [-0.4, -0.2) is 64.9 Å². The first-order valence-electron chi connectivity index (χ1n) is 16.4. The van der Waals surface area contributed by atoms with Crippen LogP contribution in [-0.2, 0) is 4.79 Å². The second kappa shape index (κ2) is 14.3. The van der Waals surface area contributed by atoms with E-state index in [4.69, 9.17) is 4.98 Å². The minimum Gasteiger partial charge on any atom is -0.394 e. The van der Waals surface area contributed by atoms with E-state index in [1.807, 2.05) is 72.8 Å². The van der Waals surface area contributed by atoms with Gasteiger partial charge < -0.3 is 26.0 Å². The molecule has 9 nitrogen and oxygen atoms in total. The fraction of sp³-hybridized carbons (Fsp3) is 0.514. The van der Waals surface area contributed by atoms with Crippen LogP contribution in [0, 0.1) is 5.41 Å². The molecule has 248 valence electrons. The minimum absolute atomic E-state index is 0.0734. The summed E-state index contributed by atoms with van der Waals surface area (Å²) in [5.74, 6) is 0.344. The summed E-state index contributed by atoms with van der Waals surface area (Å²) >= 11 is 0. The molecule has 0 radical (unpaired) electrons. The number of aromatic nitrogens is 1. The summed E-state index contributed by atoms with van der Waals surface area (Å²) in [6.07, 6.45) is 10.2. The van der Waals surface area contributed by atoms with Crippen molar-refractivity contribution in [2.75, 3.05) is 41.8 Å². The molecule has 2 fully saturated rings. The van der Waals surface area contributed by atoms with Gasteiger partial charge in [0.2, 0.25) is 0 Å². The molecule has 46 heavy (non-hydrogen) atoms. The highest BCUT2D eigenvalue weighted by Crippen LogP contribution is 2.54. The summed E-state index contributed by atoms with van der Waals surface area (Å²) < 4.78 is 0. The third-order valence-electron chi connectivity index (χ3n) is 8.74. The SMILES string of the molecule is C/C=C\C(=C/C)c1cc(NC(=O)c2ccc(NC(C)(C)CO)nc2N2CCC3(CC2)CC3)cc(C(=O)CC(=O)CNC(C)(C)C)c1. The maximum Gasteiger partial charge on any atom is 0.259 e. The fourth-order valence-corrected chi connectivity index (χ4v) is 5.66. The Morgan fingerprint density at radius 2 is 1.65 bits per heavy atom. The van der Waals surface area contributed by atoms with Gasteiger partial charge in [-0.3, -0.25) is 14.4 Å². The van der Waals surface area contributed by atoms with E-state index in [0.717, 1.165) is 37.1 Å². The molecule has 1 amide bonds. The van der Waals surface area contributed by atoms with Gasteiger partial charge in [-0.05, 0) is 121 Å². The first kappa shape index (κ1) is 35.0. The summed E-state index contributed by atoms with van der Waals surface area (Å²) in [7, 11) is 0. The van der Waals surface area contributed by atoms with Crippen molar-refractivity contribution in [1.82, 2.24) is 10.3 Å². The van der Waals surface area contributed by atoms with E-state index in [9.17, 15) is 19.5 Å². The third kappa shape index (κ3) is 9.36. The number of hydrogen-bond acceptors (Lipinski definition) is 8. The Bertz CT molecular complexity index is 1500. The number of Topliss-reactive ketones (excluding diaryl/α,β-unsaturated/α-hetero) is 2. The Kier molecular flexibility index (Phi) is 10.9. The number of allylic oxidation sites excluding steroid dienone is 4. The number of ketones is 2. The highest BCUT2D eigenvalue weighted by atomic mass is 16.3. The second-order valence-corrected chi connectivity index (χ2v) is 14.5. The molecule has 9 heteroatoms. The molecule has 4 rings (SSSR count). The first-order valence-corrected chi connectivity index (χ1v) is 16.4. The van der Waals surface area contributed by atoms with Crippen molar-refractivity contribution in [3.63, 3.8) is 0 Å². The first-order chi connectivity index (χ1) is 21.7. The van der Waals surface area contributed by atoms with E-state index in [2.05, 4.69) is 20.9 Å². The predicted molar refractivity (Wildman–Crippen MR) is 187 cm³/mol. The molecule has 4 N–H and O–H groups in total. The Morgan fingerprint density at radius 3 is 2.24 bits per heavy atom. The standard InChI is InChI=1S/C37H51N5O4/c1-8-10-25(9-2)26-19-27(31(45)22-29(44)23-38-35(3,4)5)21-28(20-26)39-34(46)30-11-12-32(41-36(6,7)24-43)40-33(30)42-17-15-37(13-14-37)16-18-42/h8-12,19-21,38,43H,13-18,22-24H2,1-7H3,(H,39,46)(H,40,41)/b10-8-,25-9+. The number of carbonyl (C=O) groups excluding carboxylic acids is 3. The van der Waals surface area contributed by atoms with Gasteiger partial charge in [0, 0.05) is 29.9 Å². The number of hydrogen-bond donors (Lipinski definition) is 4. The summed E-state index contributed by atoms with van der Waals surface area (Å²) in [6.45, 7) is 15.2. The quantitative estimate of drug-likeness (QED) is 0.114. The van der Waals surface area contributed by atoms with Crippen molar-refractivity contribution in [2.45, 2.75) is 91.6 Å². The monoisotopic (exact) mass is 629 g/mol. The third-order valence-corrected chi connectivity index (χ3v) is 8.74. The van der Waals surface area contributed by atoms with Crippen LogP contribution in [0.3, 0.4) is 0 Å². The number of benzene rings is 1. The van der Waals surface area contributed by atoms with E-state index in [1.165, 1.54) is 12.8 Å². The lowest BCUT2D eigenvalue weighted by atomic mass is 9.93. The van der Waals surface area contributed by atoms with Gasteiger partial charge in [-0.15, -0.1) is 0 Å². The molecule has 2 aliphatic rings. The fourth-order valence-electron chi connectivity index (χ4n) is 5.66. The number of aliphatic hydroxyl groups is 1. The number of carbonyl (C=O) groups is 3. The molecular weight excluding hydrogens is 578 g/mol. The zero-order valence-corrected chi connectivity index (χ0v) is 28.5. The van der Waals surface area contributed by atoms with Gasteiger partial charge in [-0.1, -0.05) is 18.2 Å². The molecule has 1 spiro atoms. The molecular formula is C37H51N5O4. The van der Waals surface area contributed by atoms with Crippen LogP contribution >= 0.6 is 0 Å². The number of anilines is 3. The zero-order chi connectivity index (χ0) is 33.7. The number of piperidine rings is 1. The van der Waals surface area contributed by atoms with Crippen LogP contribution < -0.4 is 20.9 Å². The number of nitrogens with one attached hydrogen (secondary N) is 3. The number of nitrogens with zero attached hydrogens (tertiary/aromatic N) is 2. The van der Waals surface area contributed by atoms with Gasteiger partial charge >= 0.3 is 0 Å². The van der Waals surface area contributed by atoms with Crippen LogP contribution in [0.25, 0.3) is 5.57 Å². The molecule has 2 aromatic rings. The number of amides is 1. The second-order valence-electron chi connectivity index (χ2n) is 14.5. The molecule has 0 bridgehead atoms. The number of pyridine rings is 1. The van der Waals surface area contributed by atoms with Crippen LogP contribution in [0.4, 0.5) is 17.3 Å². The average Bonchev–Trinajstić information content (AvgIpc) is 3.76. The molecule has 1 saturated heterocycles. The number of rotatable bonds is 13. The van der Waals surface area contributed by atoms with Crippen LogP contribution in [0.2, 0.25) is 0 Å². The van der Waals surface area contributed by atoms with E-state index in [1.54, 1.807) is 24.3 Å². The smallest absolute Gasteiger partial charge is 0.259 e. The maximum absolute atomic E-state index is 14.0. The highest BCUT2D eigenvalue weighted by molar-refractivity contribution is 6.11. The van der Waals surface area contributed by atoms with E-state index in [0.29, 0.717) is 33.9 Å². The van der Waals surface area contributed by atoms with E-state index >= 15 is 0 Å². The van der Waals surface area contributed by atoms with Gasteiger partial charge in [-0.25, -0.2) is 4.98 Å². The summed E-state index contributed by atoms with van der Waals surface area (Å²) in [5, 5.41) is 19.3.